The smallest absolute Gasteiger partial charge is 0.309 e. The van der Waals surface area contributed by atoms with Gasteiger partial charge in [0.2, 0.25) is 0 Å². The summed E-state index contributed by atoms with van der Waals surface area (Å²) in [6.45, 7) is 4.58. The molecule has 0 heterocycles. The molecule has 3 rings (SSSR count). The van der Waals surface area contributed by atoms with E-state index >= 15 is 0 Å². The van der Waals surface area contributed by atoms with Crippen LogP contribution in [0, 0.1) is 35.5 Å². The summed E-state index contributed by atoms with van der Waals surface area (Å²) >= 11 is 0. The molecule has 2 fully saturated rings. The molecule has 130 valence electrons. The highest BCUT2D eigenvalue weighted by Gasteiger charge is 2.66. The Balaban J connectivity index is 1.86. The lowest BCUT2D eigenvalue weighted by atomic mass is 9.69. The molecule has 1 aromatic rings. The van der Waals surface area contributed by atoms with Crippen LogP contribution in [0.15, 0.2) is 30.3 Å². The van der Waals surface area contributed by atoms with Crippen molar-refractivity contribution in [3.05, 3.63) is 35.9 Å². The molecule has 1 N–H and O–H groups in total. The maximum absolute atomic E-state index is 12.2. The maximum Gasteiger partial charge on any atom is 0.309 e. The van der Waals surface area contributed by atoms with Crippen molar-refractivity contribution in [1.29, 1.82) is 0 Å². The fourth-order valence-corrected chi connectivity index (χ4v) is 4.84. The van der Waals surface area contributed by atoms with E-state index in [4.69, 9.17) is 9.47 Å². The van der Waals surface area contributed by atoms with E-state index in [9.17, 15) is 14.7 Å². The minimum atomic E-state index is -0.926. The van der Waals surface area contributed by atoms with Crippen LogP contribution in [0.5, 0.6) is 0 Å². The van der Waals surface area contributed by atoms with Crippen LogP contribution in [-0.4, -0.2) is 30.3 Å². The zero-order valence-electron chi connectivity index (χ0n) is 14.2. The lowest BCUT2D eigenvalue weighted by Crippen LogP contribution is -2.41. The average Bonchev–Trinajstić information content (AvgIpc) is 3.04. The van der Waals surface area contributed by atoms with Gasteiger partial charge in [0.25, 0.3) is 0 Å². The number of hydrogen-bond acceptors (Lipinski definition) is 4. The Morgan fingerprint density at radius 1 is 1.04 bits per heavy atom. The quantitative estimate of drug-likeness (QED) is 0.839. The highest BCUT2D eigenvalue weighted by atomic mass is 16.5. The number of carbonyl (C=O) groups is 2. The van der Waals surface area contributed by atoms with Gasteiger partial charge in [0.05, 0.1) is 31.7 Å². The summed E-state index contributed by atoms with van der Waals surface area (Å²) in [5, 5.41) is 9.69. The van der Waals surface area contributed by atoms with E-state index in [-0.39, 0.29) is 29.8 Å². The first-order chi connectivity index (χ1) is 11.5. The van der Waals surface area contributed by atoms with Gasteiger partial charge in [0.1, 0.15) is 0 Å². The van der Waals surface area contributed by atoms with Crippen LogP contribution in [0.4, 0.5) is 0 Å². The van der Waals surface area contributed by atoms with Crippen LogP contribution in [-0.2, 0) is 25.7 Å². The van der Waals surface area contributed by atoms with Gasteiger partial charge in [-0.05, 0) is 17.4 Å². The van der Waals surface area contributed by atoms with Crippen LogP contribution in [0.3, 0.4) is 0 Å². The minimum absolute atomic E-state index is 0.109. The Bertz CT molecular complexity index is 613. The van der Waals surface area contributed by atoms with Gasteiger partial charge in [-0.3, -0.25) is 9.59 Å². The van der Waals surface area contributed by atoms with E-state index in [1.807, 2.05) is 30.3 Å². The van der Waals surface area contributed by atoms with E-state index in [2.05, 4.69) is 13.8 Å². The molecule has 5 heteroatoms. The van der Waals surface area contributed by atoms with Crippen molar-refractivity contribution in [3.8, 4) is 0 Å². The van der Waals surface area contributed by atoms with Gasteiger partial charge in [0, 0.05) is 11.8 Å². The van der Waals surface area contributed by atoms with E-state index in [1.165, 1.54) is 7.11 Å². The summed E-state index contributed by atoms with van der Waals surface area (Å²) in [4.78, 5) is 24.1. The Kier molecular flexibility index (Phi) is 4.63. The molecule has 0 saturated heterocycles. The molecule has 2 saturated carbocycles. The van der Waals surface area contributed by atoms with E-state index in [0.29, 0.717) is 6.61 Å². The van der Waals surface area contributed by atoms with Crippen LogP contribution in [0.25, 0.3) is 0 Å². The van der Waals surface area contributed by atoms with Gasteiger partial charge in [-0.15, -0.1) is 0 Å². The second kappa shape index (κ2) is 6.55. The second-order valence-electron chi connectivity index (χ2n) is 7.05. The number of fused-ring (bicyclic) bond motifs is 2. The Morgan fingerprint density at radius 3 is 2.17 bits per heavy atom. The van der Waals surface area contributed by atoms with E-state index < -0.39 is 23.8 Å². The first-order valence-corrected chi connectivity index (χ1v) is 8.43. The van der Waals surface area contributed by atoms with Gasteiger partial charge in [-0.2, -0.15) is 0 Å². The number of esters is 1. The van der Waals surface area contributed by atoms with Crippen molar-refractivity contribution in [1.82, 2.24) is 0 Å². The Labute approximate surface area is 142 Å². The van der Waals surface area contributed by atoms with Crippen molar-refractivity contribution in [2.45, 2.75) is 26.6 Å². The fraction of sp³-hybridized carbons (Fsp3) is 0.579. The number of carboxylic acid groups (broad SMARTS) is 1. The van der Waals surface area contributed by atoms with E-state index in [1.54, 1.807) is 0 Å². The van der Waals surface area contributed by atoms with Crippen LogP contribution in [0.1, 0.15) is 19.4 Å². The van der Waals surface area contributed by atoms with Crippen molar-refractivity contribution < 1.29 is 24.2 Å². The molecular formula is C19H24O5. The van der Waals surface area contributed by atoms with Crippen molar-refractivity contribution in [2.75, 3.05) is 7.11 Å². The monoisotopic (exact) mass is 332 g/mol. The normalized spacial score (nSPS) is 37.4. The van der Waals surface area contributed by atoms with Gasteiger partial charge in [-0.25, -0.2) is 0 Å². The molecule has 2 aliphatic rings. The van der Waals surface area contributed by atoms with Gasteiger partial charge in [0.15, 0.2) is 0 Å². The SMILES string of the molecule is COC(=O)[C@H]1C2C(C)C(C)C(C2OCc2ccccc2)[C@H]1C(=O)O. The van der Waals surface area contributed by atoms with Crippen molar-refractivity contribution >= 4 is 11.9 Å². The lowest BCUT2D eigenvalue weighted by Gasteiger charge is -2.33. The molecule has 0 amide bonds. The van der Waals surface area contributed by atoms with E-state index in [0.717, 1.165) is 5.56 Å². The Hall–Kier alpha value is -1.88. The van der Waals surface area contributed by atoms with Gasteiger partial charge in [-0.1, -0.05) is 44.2 Å². The predicted octanol–water partition coefficient (Wildman–Crippen LogP) is 2.59. The molecule has 0 aromatic heterocycles. The maximum atomic E-state index is 12.2. The molecule has 24 heavy (non-hydrogen) atoms. The number of methoxy groups -OCH3 is 1. The molecule has 0 aliphatic heterocycles. The lowest BCUT2D eigenvalue weighted by molar-refractivity contribution is -0.160. The Morgan fingerprint density at radius 2 is 1.62 bits per heavy atom. The van der Waals surface area contributed by atoms with Crippen LogP contribution >= 0.6 is 0 Å². The summed E-state index contributed by atoms with van der Waals surface area (Å²) in [5.41, 5.74) is 1.05. The average molecular weight is 332 g/mol. The van der Waals surface area contributed by atoms with Crippen molar-refractivity contribution in [3.63, 3.8) is 0 Å². The number of carbonyl (C=O) groups excluding carboxylic acids is 1. The molecule has 5 nitrogen and oxygen atoms in total. The number of aliphatic carboxylic acids is 1. The highest BCUT2D eigenvalue weighted by Crippen LogP contribution is 2.59. The number of ether oxygens (including phenoxy) is 2. The fourth-order valence-electron chi connectivity index (χ4n) is 4.84. The number of carboxylic acids is 1. The first kappa shape index (κ1) is 17.0. The summed E-state index contributed by atoms with van der Waals surface area (Å²) in [5.74, 6) is -2.53. The topological polar surface area (TPSA) is 72.8 Å². The van der Waals surface area contributed by atoms with Gasteiger partial charge < -0.3 is 14.6 Å². The first-order valence-electron chi connectivity index (χ1n) is 8.43. The van der Waals surface area contributed by atoms with Crippen molar-refractivity contribution in [2.24, 2.45) is 35.5 Å². The molecule has 2 bridgehead atoms. The molecule has 0 spiro atoms. The zero-order valence-corrected chi connectivity index (χ0v) is 14.2. The number of benzene rings is 1. The standard InChI is InChI=1S/C19H24O5/c1-10-11(2)14-16(19(22)23-3)15(18(20)21)13(10)17(14)24-9-12-7-5-4-6-8-12/h4-8,10-11,13-17H,9H2,1-3H3,(H,20,21)/t10?,11?,13?,14?,15-,16+,17?/m1/s1. The molecule has 2 aliphatic carbocycles. The predicted molar refractivity (Wildman–Crippen MR) is 87.0 cm³/mol. The molecule has 7 atom stereocenters. The highest BCUT2D eigenvalue weighted by molar-refractivity contribution is 5.83. The third kappa shape index (κ3) is 2.61. The third-order valence-electron chi connectivity index (χ3n) is 6.06. The summed E-state index contributed by atoms with van der Waals surface area (Å²) < 4.78 is 11.1. The van der Waals surface area contributed by atoms with Crippen LogP contribution in [0.2, 0.25) is 0 Å². The summed E-state index contributed by atoms with van der Waals surface area (Å²) in [7, 11) is 1.32. The molecule has 5 unspecified atom stereocenters. The van der Waals surface area contributed by atoms with Crippen LogP contribution < -0.4 is 0 Å². The molecule has 0 radical (unpaired) electrons. The molecule has 1 aromatic carbocycles. The summed E-state index contributed by atoms with van der Waals surface area (Å²) in [6.07, 6.45) is -0.222. The third-order valence-corrected chi connectivity index (χ3v) is 6.06. The zero-order chi connectivity index (χ0) is 17.4. The second-order valence-corrected chi connectivity index (χ2v) is 7.05. The number of hydrogen-bond donors (Lipinski definition) is 1. The number of rotatable bonds is 5. The van der Waals surface area contributed by atoms with Gasteiger partial charge >= 0.3 is 11.9 Å². The summed E-state index contributed by atoms with van der Waals surface area (Å²) in [6, 6.07) is 9.81. The largest absolute Gasteiger partial charge is 0.481 e. The minimum Gasteiger partial charge on any atom is -0.481 e. The molecular weight excluding hydrogens is 308 g/mol.